The molecule has 1 heterocycles. The fourth-order valence-corrected chi connectivity index (χ4v) is 8.65. The van der Waals surface area contributed by atoms with Gasteiger partial charge in [-0.2, -0.15) is 0 Å². The predicted octanol–water partition coefficient (Wildman–Crippen LogP) is 6.07. The van der Waals surface area contributed by atoms with Crippen molar-refractivity contribution in [2.75, 3.05) is 6.54 Å². The van der Waals surface area contributed by atoms with E-state index in [0.29, 0.717) is 31.3 Å². The lowest BCUT2D eigenvalue weighted by Gasteiger charge is -2.53. The highest BCUT2D eigenvalue weighted by molar-refractivity contribution is 5.96. The van der Waals surface area contributed by atoms with Gasteiger partial charge in [-0.05, 0) is 85.0 Å². The van der Waals surface area contributed by atoms with E-state index in [2.05, 4.69) is 20.9 Å². The quantitative estimate of drug-likeness (QED) is 0.152. The van der Waals surface area contributed by atoms with Gasteiger partial charge in [-0.1, -0.05) is 78.9 Å². The van der Waals surface area contributed by atoms with Gasteiger partial charge in [-0.3, -0.25) is 9.59 Å². The number of para-hydroxylation sites is 1. The zero-order chi connectivity index (χ0) is 32.2. The molecule has 4 aliphatic rings. The monoisotopic (exact) mass is 632 g/mol. The molecule has 4 fully saturated rings. The van der Waals surface area contributed by atoms with Crippen LogP contribution in [0.15, 0.2) is 91.1 Å². The number of hydrogen-bond acceptors (Lipinski definition) is 4. The lowest BCUT2D eigenvalue weighted by Crippen LogP contribution is -2.63. The van der Waals surface area contributed by atoms with Gasteiger partial charge in [-0.25, -0.2) is 4.79 Å². The lowest BCUT2D eigenvalue weighted by atomic mass is 9.55. The number of alkyl carbamates (subject to hydrolysis) is 1. The van der Waals surface area contributed by atoms with Gasteiger partial charge in [0.1, 0.15) is 11.6 Å². The van der Waals surface area contributed by atoms with Gasteiger partial charge in [0, 0.05) is 36.6 Å². The Morgan fingerprint density at radius 3 is 2.11 bits per heavy atom. The summed E-state index contributed by atoms with van der Waals surface area (Å²) >= 11 is 0. The summed E-state index contributed by atoms with van der Waals surface area (Å²) in [7, 11) is 0. The summed E-state index contributed by atoms with van der Waals surface area (Å²) in [5, 5.41) is 10.0. The first-order valence-corrected chi connectivity index (χ1v) is 17.1. The molecule has 4 N–H and O–H groups in total. The Bertz CT molecular complexity index is 1680. The second-order valence-electron chi connectivity index (χ2n) is 14.0. The van der Waals surface area contributed by atoms with Crippen LogP contribution >= 0.6 is 0 Å². The highest BCUT2D eigenvalue weighted by Gasteiger charge is 2.51. The second kappa shape index (κ2) is 13.6. The zero-order valence-electron chi connectivity index (χ0n) is 26.8. The molecular weight excluding hydrogens is 588 g/mol. The minimum atomic E-state index is -1.59. The SMILES string of the molecule is O=C(CC(Cc1c[nH]c2ccccc12)(NC(=O)OC1C2CC3CC(C2)CC1C3)C(=O)NCCc1ccccc1)NCc1ccccc1. The van der Waals surface area contributed by atoms with E-state index in [1.807, 2.05) is 91.1 Å². The Morgan fingerprint density at radius 2 is 1.40 bits per heavy atom. The standard InChI is InChI=1S/C39H44N4O4/c44-35(42-24-27-11-5-2-6-12-27)23-39(22-32-25-41-34-14-8-7-13-33(32)34,37(45)40-16-15-26-9-3-1-4-10-26)43-38(46)47-36-30-18-28-17-29(20-30)21-31(36)19-28/h1-14,25,28-31,36,41H,15-24H2,(H,40,45)(H,42,44)(H,43,46). The van der Waals surface area contributed by atoms with Crippen LogP contribution in [0.1, 0.15) is 55.2 Å². The molecule has 47 heavy (non-hydrogen) atoms. The van der Waals surface area contributed by atoms with E-state index >= 15 is 0 Å². The number of H-pyrrole nitrogens is 1. The lowest BCUT2D eigenvalue weighted by molar-refractivity contribution is -0.133. The van der Waals surface area contributed by atoms with Crippen LogP contribution in [-0.4, -0.2) is 41.1 Å². The smallest absolute Gasteiger partial charge is 0.408 e. The number of aromatic amines is 1. The second-order valence-corrected chi connectivity index (χ2v) is 14.0. The van der Waals surface area contributed by atoms with Crippen molar-refractivity contribution in [2.45, 2.75) is 69.6 Å². The topological polar surface area (TPSA) is 112 Å². The van der Waals surface area contributed by atoms with E-state index in [-0.39, 0.29) is 24.9 Å². The van der Waals surface area contributed by atoms with Gasteiger partial charge in [0.2, 0.25) is 11.8 Å². The summed E-state index contributed by atoms with van der Waals surface area (Å²) in [5.41, 5.74) is 2.20. The number of fused-ring (bicyclic) bond motifs is 1. The zero-order valence-corrected chi connectivity index (χ0v) is 26.8. The first-order valence-electron chi connectivity index (χ1n) is 17.1. The molecular formula is C39H44N4O4. The Labute approximate surface area is 276 Å². The molecule has 1 aromatic heterocycles. The van der Waals surface area contributed by atoms with Crippen molar-refractivity contribution in [2.24, 2.45) is 23.7 Å². The Hall–Kier alpha value is -4.59. The van der Waals surface area contributed by atoms with Crippen LogP contribution in [0.5, 0.6) is 0 Å². The molecule has 1 atom stereocenters. The summed E-state index contributed by atoms with van der Waals surface area (Å²) < 4.78 is 6.25. The summed E-state index contributed by atoms with van der Waals surface area (Å²) in [5.74, 6) is 1.48. The van der Waals surface area contributed by atoms with Gasteiger partial charge in [0.15, 0.2) is 0 Å². The molecule has 4 aliphatic carbocycles. The third kappa shape index (κ3) is 7.07. The number of benzene rings is 3. The summed E-state index contributed by atoms with van der Waals surface area (Å²) in [4.78, 5) is 45.4. The van der Waals surface area contributed by atoms with E-state index in [0.717, 1.165) is 65.1 Å². The van der Waals surface area contributed by atoms with Crippen LogP contribution in [0.4, 0.5) is 4.79 Å². The number of hydrogen-bond donors (Lipinski definition) is 4. The van der Waals surface area contributed by atoms with Crippen LogP contribution in [0.3, 0.4) is 0 Å². The van der Waals surface area contributed by atoms with Crippen LogP contribution in [0.2, 0.25) is 0 Å². The average Bonchev–Trinajstić information content (AvgIpc) is 3.48. The third-order valence-electron chi connectivity index (χ3n) is 10.7. The van der Waals surface area contributed by atoms with E-state index < -0.39 is 17.5 Å². The largest absolute Gasteiger partial charge is 0.446 e. The Kier molecular flexibility index (Phi) is 9.01. The van der Waals surface area contributed by atoms with Crippen molar-refractivity contribution in [1.29, 1.82) is 0 Å². The molecule has 8 rings (SSSR count). The molecule has 8 heteroatoms. The average molecular weight is 633 g/mol. The normalized spacial score (nSPS) is 24.0. The number of nitrogens with one attached hydrogen (secondary N) is 4. The molecule has 0 radical (unpaired) electrons. The third-order valence-corrected chi connectivity index (χ3v) is 10.7. The van der Waals surface area contributed by atoms with Gasteiger partial charge < -0.3 is 25.7 Å². The van der Waals surface area contributed by atoms with Crippen molar-refractivity contribution in [3.05, 3.63) is 108 Å². The van der Waals surface area contributed by atoms with E-state index in [1.165, 1.54) is 6.42 Å². The van der Waals surface area contributed by atoms with Crippen LogP contribution in [0, 0.1) is 23.7 Å². The molecule has 0 aliphatic heterocycles. The van der Waals surface area contributed by atoms with Crippen molar-refractivity contribution in [3.8, 4) is 0 Å². The Balaban J connectivity index is 1.16. The fourth-order valence-electron chi connectivity index (χ4n) is 8.65. The molecule has 4 saturated carbocycles. The minimum absolute atomic E-state index is 0.115. The maximum Gasteiger partial charge on any atom is 0.408 e. The summed E-state index contributed by atoms with van der Waals surface area (Å²) in [6.45, 7) is 0.674. The molecule has 4 aromatic rings. The van der Waals surface area contributed by atoms with Crippen LogP contribution in [0.25, 0.3) is 10.9 Å². The van der Waals surface area contributed by atoms with Crippen molar-refractivity contribution in [3.63, 3.8) is 0 Å². The summed E-state index contributed by atoms with van der Waals surface area (Å²) in [6.07, 6.45) is 7.30. The minimum Gasteiger partial charge on any atom is -0.446 e. The fraction of sp³-hybridized carbons (Fsp3) is 0.410. The van der Waals surface area contributed by atoms with E-state index in [9.17, 15) is 14.4 Å². The number of carbonyl (C=O) groups excluding carboxylic acids is 3. The first-order chi connectivity index (χ1) is 22.9. The van der Waals surface area contributed by atoms with E-state index in [4.69, 9.17) is 4.74 Å². The maximum atomic E-state index is 14.4. The molecule has 0 saturated heterocycles. The maximum absolute atomic E-state index is 14.4. The highest BCUT2D eigenvalue weighted by Crippen LogP contribution is 2.54. The van der Waals surface area contributed by atoms with Gasteiger partial charge in [0.25, 0.3) is 0 Å². The number of carbonyl (C=O) groups is 3. The van der Waals surface area contributed by atoms with Gasteiger partial charge in [0.05, 0.1) is 6.42 Å². The number of amides is 3. The number of ether oxygens (including phenoxy) is 1. The van der Waals surface area contributed by atoms with Crippen molar-refractivity contribution < 1.29 is 19.1 Å². The van der Waals surface area contributed by atoms with E-state index in [1.54, 1.807) is 0 Å². The highest BCUT2D eigenvalue weighted by atomic mass is 16.6. The van der Waals surface area contributed by atoms with Crippen molar-refractivity contribution >= 4 is 28.8 Å². The molecule has 3 aromatic carbocycles. The molecule has 0 spiro atoms. The molecule has 4 bridgehead atoms. The molecule has 3 amide bonds. The number of aromatic nitrogens is 1. The molecule has 8 nitrogen and oxygen atoms in total. The first kappa shape index (κ1) is 31.0. The van der Waals surface area contributed by atoms with Crippen LogP contribution < -0.4 is 16.0 Å². The molecule has 1 unspecified atom stereocenters. The predicted molar refractivity (Wildman–Crippen MR) is 181 cm³/mol. The number of rotatable bonds is 12. The van der Waals surface area contributed by atoms with Gasteiger partial charge >= 0.3 is 6.09 Å². The Morgan fingerprint density at radius 1 is 0.766 bits per heavy atom. The van der Waals surface area contributed by atoms with Crippen LogP contribution in [-0.2, 0) is 33.7 Å². The van der Waals surface area contributed by atoms with Crippen molar-refractivity contribution in [1.82, 2.24) is 20.9 Å². The summed E-state index contributed by atoms with van der Waals surface area (Å²) in [6, 6.07) is 27.4. The molecule has 244 valence electrons. The van der Waals surface area contributed by atoms with Gasteiger partial charge in [-0.15, -0.1) is 0 Å².